The zero-order valence-electron chi connectivity index (χ0n) is 11.9. The zero-order valence-corrected chi connectivity index (χ0v) is 12.7. The second-order valence-corrected chi connectivity index (χ2v) is 6.63. The molecule has 20 heavy (non-hydrogen) atoms. The van der Waals surface area contributed by atoms with Gasteiger partial charge in [0.2, 0.25) is 0 Å². The van der Waals surface area contributed by atoms with Crippen molar-refractivity contribution < 1.29 is 19.2 Å². The van der Waals surface area contributed by atoms with Crippen molar-refractivity contribution in [3.8, 4) is 5.75 Å². The lowest BCUT2D eigenvalue weighted by Gasteiger charge is -2.14. The summed E-state index contributed by atoms with van der Waals surface area (Å²) in [6.07, 6.45) is 0. The number of aromatic nitrogens is 1. The molecule has 2 rings (SSSR count). The van der Waals surface area contributed by atoms with Crippen LogP contribution in [0.15, 0.2) is 16.7 Å². The van der Waals surface area contributed by atoms with Gasteiger partial charge in [0.1, 0.15) is 12.4 Å². The quantitative estimate of drug-likeness (QED) is 0.932. The Balaban J connectivity index is 2.21. The molecule has 0 aliphatic rings. The van der Waals surface area contributed by atoms with E-state index in [-0.39, 0.29) is 16.9 Å². The number of aryl methyl sites for hydroxylation is 1. The maximum Gasteiger partial charge on any atom is 0.349 e. The fourth-order valence-corrected chi connectivity index (χ4v) is 2.63. The van der Waals surface area contributed by atoms with Gasteiger partial charge in [-0.1, -0.05) is 25.9 Å². The molecule has 6 heteroatoms. The number of hydrogen-bond acceptors (Lipinski definition) is 5. The standard InChI is InChI=1S/C14H17NO4S/c1-8-5-9(19-15-8)7-18-10-6-11(14(2,3)4)20-12(10)13(16)17/h5-6H,7H2,1-4H3,(H,16,17). The van der Waals surface area contributed by atoms with Crippen LogP contribution in [0.25, 0.3) is 0 Å². The average molecular weight is 295 g/mol. The number of thiophene rings is 1. The molecule has 2 aromatic rings. The summed E-state index contributed by atoms with van der Waals surface area (Å²) in [5.41, 5.74) is 0.655. The van der Waals surface area contributed by atoms with Gasteiger partial charge in [-0.2, -0.15) is 0 Å². The van der Waals surface area contributed by atoms with E-state index in [1.54, 1.807) is 12.1 Å². The van der Waals surface area contributed by atoms with Gasteiger partial charge in [0, 0.05) is 10.9 Å². The summed E-state index contributed by atoms with van der Waals surface area (Å²) in [5.74, 6) is -0.0296. The molecular weight excluding hydrogens is 278 g/mol. The maximum atomic E-state index is 11.3. The Morgan fingerprint density at radius 1 is 1.45 bits per heavy atom. The Labute approximate surface area is 121 Å². The van der Waals surface area contributed by atoms with Crippen LogP contribution in [0.5, 0.6) is 5.75 Å². The van der Waals surface area contributed by atoms with Crippen LogP contribution in [0, 0.1) is 6.92 Å². The van der Waals surface area contributed by atoms with Crippen molar-refractivity contribution in [1.82, 2.24) is 5.16 Å². The summed E-state index contributed by atoms with van der Waals surface area (Å²) in [5, 5.41) is 13.0. The molecule has 2 aromatic heterocycles. The Bertz CT molecular complexity index is 621. The van der Waals surface area contributed by atoms with Gasteiger partial charge in [0.15, 0.2) is 10.6 Å². The molecule has 0 fully saturated rings. The second kappa shape index (κ2) is 5.28. The topological polar surface area (TPSA) is 72.6 Å². The van der Waals surface area contributed by atoms with Gasteiger partial charge < -0.3 is 14.4 Å². The Morgan fingerprint density at radius 2 is 2.15 bits per heavy atom. The second-order valence-electron chi connectivity index (χ2n) is 5.58. The summed E-state index contributed by atoms with van der Waals surface area (Å²) in [6, 6.07) is 3.55. The number of rotatable bonds is 4. The molecule has 0 aliphatic heterocycles. The first kappa shape index (κ1) is 14.6. The highest BCUT2D eigenvalue weighted by molar-refractivity contribution is 7.14. The first-order chi connectivity index (χ1) is 9.27. The number of nitrogens with zero attached hydrogens (tertiary/aromatic N) is 1. The molecule has 0 atom stereocenters. The average Bonchev–Trinajstić information content (AvgIpc) is 2.91. The molecule has 0 saturated heterocycles. The molecule has 2 heterocycles. The predicted molar refractivity (Wildman–Crippen MR) is 75.6 cm³/mol. The van der Waals surface area contributed by atoms with Gasteiger partial charge in [0.25, 0.3) is 0 Å². The molecule has 5 nitrogen and oxygen atoms in total. The zero-order chi connectivity index (χ0) is 14.9. The smallest absolute Gasteiger partial charge is 0.349 e. The minimum Gasteiger partial charge on any atom is -0.484 e. The molecule has 108 valence electrons. The van der Waals surface area contributed by atoms with E-state index in [0.29, 0.717) is 11.5 Å². The third kappa shape index (κ3) is 3.19. The summed E-state index contributed by atoms with van der Waals surface area (Å²) in [6.45, 7) is 8.09. The number of carboxylic acids is 1. The predicted octanol–water partition coefficient (Wildman–Crippen LogP) is 3.62. The SMILES string of the molecule is Cc1cc(COc2cc(C(C)(C)C)sc2C(=O)O)on1. The van der Waals surface area contributed by atoms with Crippen LogP contribution >= 0.6 is 11.3 Å². The van der Waals surface area contributed by atoms with E-state index in [1.807, 2.05) is 27.7 Å². The Kier molecular flexibility index (Phi) is 3.85. The highest BCUT2D eigenvalue weighted by Crippen LogP contribution is 2.37. The van der Waals surface area contributed by atoms with Crippen molar-refractivity contribution in [3.05, 3.63) is 33.3 Å². The Hall–Kier alpha value is -1.82. The van der Waals surface area contributed by atoms with Crippen LogP contribution in [0.2, 0.25) is 0 Å². The summed E-state index contributed by atoms with van der Waals surface area (Å²) in [4.78, 5) is 12.5. The van der Waals surface area contributed by atoms with Crippen LogP contribution in [0.1, 0.15) is 46.8 Å². The van der Waals surface area contributed by atoms with Crippen LogP contribution in [0.4, 0.5) is 0 Å². The summed E-state index contributed by atoms with van der Waals surface area (Å²) in [7, 11) is 0. The van der Waals surface area contributed by atoms with Crippen LogP contribution in [-0.4, -0.2) is 16.2 Å². The fourth-order valence-electron chi connectivity index (χ4n) is 1.63. The van der Waals surface area contributed by atoms with Crippen LogP contribution < -0.4 is 4.74 Å². The first-order valence-corrected chi connectivity index (χ1v) is 7.01. The minimum absolute atomic E-state index is 0.112. The number of carbonyl (C=O) groups is 1. The molecule has 0 saturated carbocycles. The normalized spacial score (nSPS) is 11.6. The molecule has 0 bridgehead atoms. The molecule has 0 aromatic carbocycles. The molecule has 0 spiro atoms. The van der Waals surface area contributed by atoms with Gasteiger partial charge >= 0.3 is 5.97 Å². The monoisotopic (exact) mass is 295 g/mol. The van der Waals surface area contributed by atoms with Gasteiger partial charge in [-0.25, -0.2) is 4.79 Å². The third-order valence-corrected chi connectivity index (χ3v) is 4.21. The van der Waals surface area contributed by atoms with E-state index in [9.17, 15) is 9.90 Å². The molecular formula is C14H17NO4S. The van der Waals surface area contributed by atoms with Gasteiger partial charge in [-0.3, -0.25) is 0 Å². The van der Waals surface area contributed by atoms with Crippen molar-refractivity contribution in [2.45, 2.75) is 39.7 Å². The highest BCUT2D eigenvalue weighted by Gasteiger charge is 2.23. The minimum atomic E-state index is -0.978. The maximum absolute atomic E-state index is 11.3. The van der Waals surface area contributed by atoms with Crippen molar-refractivity contribution >= 4 is 17.3 Å². The molecule has 0 amide bonds. The van der Waals surface area contributed by atoms with E-state index < -0.39 is 5.97 Å². The molecule has 0 aliphatic carbocycles. The summed E-state index contributed by atoms with van der Waals surface area (Å²) >= 11 is 1.24. The third-order valence-electron chi connectivity index (χ3n) is 2.68. The van der Waals surface area contributed by atoms with E-state index >= 15 is 0 Å². The lowest BCUT2D eigenvalue weighted by Crippen LogP contribution is -2.08. The van der Waals surface area contributed by atoms with Gasteiger partial charge in [0.05, 0.1) is 5.69 Å². The van der Waals surface area contributed by atoms with E-state index in [2.05, 4.69) is 5.16 Å². The van der Waals surface area contributed by atoms with Gasteiger partial charge in [-0.05, 0) is 18.4 Å². The number of ether oxygens (including phenoxy) is 1. The van der Waals surface area contributed by atoms with Crippen molar-refractivity contribution in [3.63, 3.8) is 0 Å². The lowest BCUT2D eigenvalue weighted by atomic mass is 9.95. The fraction of sp³-hybridized carbons (Fsp3) is 0.429. The largest absolute Gasteiger partial charge is 0.484 e. The van der Waals surface area contributed by atoms with E-state index in [1.165, 1.54) is 11.3 Å². The first-order valence-electron chi connectivity index (χ1n) is 6.20. The number of hydrogen-bond donors (Lipinski definition) is 1. The Morgan fingerprint density at radius 3 is 2.65 bits per heavy atom. The molecule has 0 unspecified atom stereocenters. The van der Waals surface area contributed by atoms with E-state index in [0.717, 1.165) is 10.6 Å². The van der Waals surface area contributed by atoms with Crippen molar-refractivity contribution in [2.75, 3.05) is 0 Å². The highest BCUT2D eigenvalue weighted by atomic mass is 32.1. The molecule has 1 N–H and O–H groups in total. The van der Waals surface area contributed by atoms with Crippen LogP contribution in [0.3, 0.4) is 0 Å². The van der Waals surface area contributed by atoms with Crippen LogP contribution in [-0.2, 0) is 12.0 Å². The lowest BCUT2D eigenvalue weighted by molar-refractivity contribution is 0.0697. The number of aromatic carboxylic acids is 1. The summed E-state index contributed by atoms with van der Waals surface area (Å²) < 4.78 is 10.6. The number of carboxylic acid groups (broad SMARTS) is 1. The van der Waals surface area contributed by atoms with Gasteiger partial charge in [-0.15, -0.1) is 11.3 Å². The van der Waals surface area contributed by atoms with Crippen molar-refractivity contribution in [2.24, 2.45) is 0 Å². The molecule has 0 radical (unpaired) electrons. The van der Waals surface area contributed by atoms with Crippen molar-refractivity contribution in [1.29, 1.82) is 0 Å². The van der Waals surface area contributed by atoms with E-state index in [4.69, 9.17) is 9.26 Å².